The van der Waals surface area contributed by atoms with Gasteiger partial charge in [0.1, 0.15) is 17.1 Å². The van der Waals surface area contributed by atoms with Crippen LogP contribution in [0.4, 0.5) is 4.79 Å². The number of Topliss-reactive ketones (excluding diaryl/α,β-unsaturated/α-hetero) is 1. The summed E-state index contributed by atoms with van der Waals surface area (Å²) in [5.41, 5.74) is -0.359. The van der Waals surface area contributed by atoms with E-state index in [1.54, 1.807) is 32.3 Å². The van der Waals surface area contributed by atoms with Crippen molar-refractivity contribution < 1.29 is 23.9 Å². The maximum Gasteiger partial charge on any atom is 0.410 e. The largest absolute Gasteiger partial charge is 0.461 e. The van der Waals surface area contributed by atoms with Crippen LogP contribution in [-0.4, -0.2) is 51.0 Å². The first-order valence-corrected chi connectivity index (χ1v) is 7.89. The molecule has 2 heterocycles. The summed E-state index contributed by atoms with van der Waals surface area (Å²) >= 11 is 0. The number of ether oxygens (including phenoxy) is 2. The van der Waals surface area contributed by atoms with Crippen molar-refractivity contribution in [1.82, 2.24) is 14.5 Å². The SMILES string of the molecule is CCOC(=O)c1nc2n(c1C(C)=O)CCN(C(=O)OC(C)(C)C)C2. The van der Waals surface area contributed by atoms with E-state index in [1.807, 2.05) is 0 Å². The van der Waals surface area contributed by atoms with Crippen LogP contribution in [0.25, 0.3) is 0 Å². The van der Waals surface area contributed by atoms with E-state index in [0.29, 0.717) is 18.9 Å². The summed E-state index contributed by atoms with van der Waals surface area (Å²) < 4.78 is 12.0. The van der Waals surface area contributed by atoms with Crippen LogP contribution in [0.15, 0.2) is 0 Å². The average Bonchev–Trinajstić information content (AvgIpc) is 2.84. The fourth-order valence-corrected chi connectivity index (χ4v) is 2.51. The first kappa shape index (κ1) is 18.0. The molecule has 0 bridgehead atoms. The van der Waals surface area contributed by atoms with E-state index in [-0.39, 0.29) is 30.3 Å². The first-order chi connectivity index (χ1) is 11.1. The Bertz CT molecular complexity index is 672. The van der Waals surface area contributed by atoms with Crippen LogP contribution in [0.5, 0.6) is 0 Å². The molecule has 1 aliphatic heterocycles. The van der Waals surface area contributed by atoms with Gasteiger partial charge in [-0.15, -0.1) is 0 Å². The quantitative estimate of drug-likeness (QED) is 0.619. The van der Waals surface area contributed by atoms with Gasteiger partial charge in [-0.25, -0.2) is 14.6 Å². The molecule has 2 rings (SSSR count). The van der Waals surface area contributed by atoms with Crippen LogP contribution in [0.2, 0.25) is 0 Å². The van der Waals surface area contributed by atoms with E-state index >= 15 is 0 Å². The predicted octanol–water partition coefficient (Wildman–Crippen LogP) is 2.01. The van der Waals surface area contributed by atoms with Gasteiger partial charge >= 0.3 is 12.1 Å². The molecule has 0 aliphatic carbocycles. The number of nitrogens with zero attached hydrogens (tertiary/aromatic N) is 3. The molecule has 8 nitrogen and oxygen atoms in total. The number of esters is 1. The Labute approximate surface area is 140 Å². The second kappa shape index (κ2) is 6.62. The normalized spacial score (nSPS) is 14.1. The van der Waals surface area contributed by atoms with Crippen LogP contribution in [-0.2, 0) is 22.6 Å². The van der Waals surface area contributed by atoms with E-state index < -0.39 is 17.7 Å². The van der Waals surface area contributed by atoms with Crippen molar-refractivity contribution in [3.05, 3.63) is 17.2 Å². The number of fused-ring (bicyclic) bond motifs is 1. The summed E-state index contributed by atoms with van der Waals surface area (Å²) in [6.07, 6.45) is -0.446. The van der Waals surface area contributed by atoms with Crippen molar-refractivity contribution in [1.29, 1.82) is 0 Å². The zero-order valence-electron chi connectivity index (χ0n) is 14.7. The molecule has 24 heavy (non-hydrogen) atoms. The number of carbonyl (C=O) groups is 3. The molecular formula is C16H23N3O5. The third kappa shape index (κ3) is 3.74. The molecule has 0 N–H and O–H groups in total. The highest BCUT2D eigenvalue weighted by molar-refractivity contribution is 6.03. The smallest absolute Gasteiger partial charge is 0.410 e. The fourth-order valence-electron chi connectivity index (χ4n) is 2.51. The lowest BCUT2D eigenvalue weighted by Crippen LogP contribution is -2.42. The van der Waals surface area contributed by atoms with Crippen molar-refractivity contribution in [2.75, 3.05) is 13.2 Å². The van der Waals surface area contributed by atoms with Gasteiger partial charge in [-0.3, -0.25) is 9.69 Å². The van der Waals surface area contributed by atoms with E-state index in [4.69, 9.17) is 9.47 Å². The van der Waals surface area contributed by atoms with Gasteiger partial charge in [0.05, 0.1) is 13.2 Å². The number of amides is 1. The topological polar surface area (TPSA) is 90.7 Å². The number of hydrogen-bond acceptors (Lipinski definition) is 6. The number of carbonyl (C=O) groups excluding carboxylic acids is 3. The van der Waals surface area contributed by atoms with Crippen LogP contribution in [0.3, 0.4) is 0 Å². The van der Waals surface area contributed by atoms with Crippen molar-refractivity contribution in [3.8, 4) is 0 Å². The summed E-state index contributed by atoms with van der Waals surface area (Å²) in [7, 11) is 0. The Morgan fingerprint density at radius 1 is 1.21 bits per heavy atom. The van der Waals surface area contributed by atoms with Crippen LogP contribution < -0.4 is 0 Å². The van der Waals surface area contributed by atoms with E-state index in [0.717, 1.165) is 0 Å². The number of hydrogen-bond donors (Lipinski definition) is 0. The second-order valence-corrected chi connectivity index (χ2v) is 6.56. The molecule has 0 atom stereocenters. The zero-order chi connectivity index (χ0) is 18.1. The predicted molar refractivity (Wildman–Crippen MR) is 84.8 cm³/mol. The van der Waals surface area contributed by atoms with Crippen LogP contribution in [0, 0.1) is 0 Å². The van der Waals surface area contributed by atoms with Crippen molar-refractivity contribution in [2.24, 2.45) is 0 Å². The molecule has 0 radical (unpaired) electrons. The summed E-state index contributed by atoms with van der Waals surface area (Å²) in [6, 6.07) is 0. The monoisotopic (exact) mass is 337 g/mol. The molecule has 132 valence electrons. The molecule has 8 heteroatoms. The number of imidazole rings is 1. The zero-order valence-corrected chi connectivity index (χ0v) is 14.7. The molecule has 0 spiro atoms. The van der Waals surface area contributed by atoms with Crippen LogP contribution in [0.1, 0.15) is 61.4 Å². The number of ketones is 1. The first-order valence-electron chi connectivity index (χ1n) is 7.89. The van der Waals surface area contributed by atoms with Gasteiger partial charge in [0, 0.05) is 20.0 Å². The summed E-state index contributed by atoms with van der Waals surface area (Å²) in [5, 5.41) is 0. The van der Waals surface area contributed by atoms with Gasteiger partial charge < -0.3 is 14.0 Å². The molecular weight excluding hydrogens is 314 g/mol. The van der Waals surface area contributed by atoms with Gasteiger partial charge in [-0.05, 0) is 27.7 Å². The number of aromatic nitrogens is 2. The van der Waals surface area contributed by atoms with E-state index in [9.17, 15) is 14.4 Å². The van der Waals surface area contributed by atoms with Crippen molar-refractivity contribution in [3.63, 3.8) is 0 Å². The Morgan fingerprint density at radius 2 is 1.88 bits per heavy atom. The Hall–Kier alpha value is -2.38. The second-order valence-electron chi connectivity index (χ2n) is 6.56. The third-order valence-corrected chi connectivity index (χ3v) is 3.43. The van der Waals surface area contributed by atoms with Gasteiger partial charge in [-0.2, -0.15) is 0 Å². The Kier molecular flexibility index (Phi) is 4.96. The fraction of sp³-hybridized carbons (Fsp3) is 0.625. The number of rotatable bonds is 3. The molecule has 1 aromatic heterocycles. The minimum Gasteiger partial charge on any atom is -0.461 e. The molecule has 0 aromatic carbocycles. The minimum atomic E-state index is -0.631. The van der Waals surface area contributed by atoms with E-state index in [2.05, 4.69) is 4.98 Å². The third-order valence-electron chi connectivity index (χ3n) is 3.43. The molecule has 0 fully saturated rings. The molecule has 0 saturated heterocycles. The minimum absolute atomic E-state index is 0.00499. The standard InChI is InChI=1S/C16H23N3O5/c1-6-23-14(21)12-13(10(2)20)19-8-7-18(9-11(19)17-12)15(22)24-16(3,4)5/h6-9H2,1-5H3. The lowest BCUT2D eigenvalue weighted by Gasteiger charge is -2.30. The van der Waals surface area contributed by atoms with Gasteiger partial charge in [0.25, 0.3) is 0 Å². The van der Waals surface area contributed by atoms with Crippen molar-refractivity contribution >= 4 is 17.8 Å². The molecule has 0 saturated carbocycles. The average molecular weight is 337 g/mol. The molecule has 1 aliphatic rings. The molecule has 1 amide bonds. The lowest BCUT2D eigenvalue weighted by atomic mass is 10.2. The maximum atomic E-state index is 12.2. The summed E-state index contributed by atoms with van der Waals surface area (Å²) in [5.74, 6) is -0.420. The highest BCUT2D eigenvalue weighted by Gasteiger charge is 2.32. The molecule has 0 unspecified atom stereocenters. The lowest BCUT2D eigenvalue weighted by molar-refractivity contribution is 0.0195. The van der Waals surface area contributed by atoms with E-state index in [1.165, 1.54) is 11.8 Å². The van der Waals surface area contributed by atoms with Gasteiger partial charge in [-0.1, -0.05) is 0 Å². The van der Waals surface area contributed by atoms with Gasteiger partial charge in [0.2, 0.25) is 0 Å². The summed E-state index contributed by atoms with van der Waals surface area (Å²) in [6.45, 7) is 9.57. The Balaban J connectivity index is 2.29. The van der Waals surface area contributed by atoms with Gasteiger partial charge in [0.15, 0.2) is 11.5 Å². The molecule has 1 aromatic rings. The van der Waals surface area contributed by atoms with Crippen LogP contribution >= 0.6 is 0 Å². The Morgan fingerprint density at radius 3 is 2.42 bits per heavy atom. The highest BCUT2D eigenvalue weighted by Crippen LogP contribution is 2.21. The maximum absolute atomic E-state index is 12.2. The highest BCUT2D eigenvalue weighted by atomic mass is 16.6. The van der Waals surface area contributed by atoms with Crippen molar-refractivity contribution in [2.45, 2.75) is 53.3 Å². The summed E-state index contributed by atoms with van der Waals surface area (Å²) in [4.78, 5) is 41.9.